The van der Waals surface area contributed by atoms with Gasteiger partial charge in [0.05, 0.1) is 0 Å². The smallest absolute Gasteiger partial charge is 0.352 e. The Morgan fingerprint density at radius 3 is 0.733 bits per heavy atom. The number of hydrogen-bond acceptors (Lipinski definition) is 1. The van der Waals surface area contributed by atoms with Gasteiger partial charge in [-0.2, -0.15) is 39.5 Å². The first-order chi connectivity index (χ1) is 6.25. The van der Waals surface area contributed by atoms with Crippen LogP contribution in [0.25, 0.3) is 0 Å². The van der Waals surface area contributed by atoms with E-state index in [1.54, 1.807) is 0 Å². The molecule has 15 heavy (non-hydrogen) atoms. The lowest BCUT2D eigenvalue weighted by Gasteiger charge is -2.24. The molecular formula is C5HF9O. The van der Waals surface area contributed by atoms with Crippen LogP contribution in [0, 0.1) is 0 Å². The lowest BCUT2D eigenvalue weighted by atomic mass is 10.1. The molecule has 90 valence electrons. The van der Waals surface area contributed by atoms with Crippen LogP contribution in [0.4, 0.5) is 39.5 Å². The summed E-state index contributed by atoms with van der Waals surface area (Å²) in [6.45, 7) is 0. The SMILES string of the molecule is OC1(F)C(F)(F)C(F)(F)C(F)(F)C1(F)F. The molecular weight excluding hydrogens is 247 g/mol. The standard InChI is InChI=1S/C5HF9O/c6-1(7)2(8,9)4(12,13)5(14,15)3(1,10)11/h15H. The Morgan fingerprint density at radius 1 is 0.467 bits per heavy atom. The van der Waals surface area contributed by atoms with Crippen molar-refractivity contribution in [2.75, 3.05) is 0 Å². The Kier molecular flexibility index (Phi) is 1.95. The minimum absolute atomic E-state index is 6.31. The minimum atomic E-state index is -6.69. The number of aliphatic hydroxyl groups is 1. The second kappa shape index (κ2) is 2.36. The fourth-order valence-corrected chi connectivity index (χ4v) is 1.01. The van der Waals surface area contributed by atoms with E-state index >= 15 is 0 Å². The molecule has 0 aliphatic heterocycles. The third kappa shape index (κ3) is 0.871. The molecule has 0 atom stereocenters. The van der Waals surface area contributed by atoms with Crippen LogP contribution in [-0.4, -0.2) is 34.7 Å². The summed E-state index contributed by atoms with van der Waals surface area (Å²) in [5.74, 6) is -32.9. The molecule has 0 bridgehead atoms. The molecule has 0 heterocycles. The van der Waals surface area contributed by atoms with E-state index in [9.17, 15) is 39.5 Å². The van der Waals surface area contributed by atoms with E-state index in [-0.39, 0.29) is 0 Å². The molecule has 1 aliphatic rings. The van der Waals surface area contributed by atoms with Crippen LogP contribution < -0.4 is 0 Å². The third-order valence-electron chi connectivity index (χ3n) is 2.02. The molecule has 0 radical (unpaired) electrons. The van der Waals surface area contributed by atoms with Gasteiger partial charge in [-0.1, -0.05) is 0 Å². The summed E-state index contributed by atoms with van der Waals surface area (Å²) in [6.07, 6.45) is 0. The Bertz CT molecular complexity index is 203. The maximum Gasteiger partial charge on any atom is 0.384 e. The van der Waals surface area contributed by atoms with E-state index < -0.39 is 29.5 Å². The lowest BCUT2D eigenvalue weighted by Crippen LogP contribution is -2.54. The van der Waals surface area contributed by atoms with Crippen LogP contribution >= 0.6 is 0 Å². The highest BCUT2D eigenvalue weighted by atomic mass is 19.4. The summed E-state index contributed by atoms with van der Waals surface area (Å²) < 4.78 is 109. The molecule has 0 aromatic heterocycles. The van der Waals surface area contributed by atoms with E-state index in [4.69, 9.17) is 5.11 Å². The zero-order valence-corrected chi connectivity index (χ0v) is 6.35. The molecule has 0 aromatic rings. The first-order valence-corrected chi connectivity index (χ1v) is 3.17. The van der Waals surface area contributed by atoms with Gasteiger partial charge < -0.3 is 5.11 Å². The van der Waals surface area contributed by atoms with Crippen molar-refractivity contribution in [1.82, 2.24) is 0 Å². The molecule has 1 N–H and O–H groups in total. The number of rotatable bonds is 0. The second-order valence-electron chi connectivity index (χ2n) is 2.92. The topological polar surface area (TPSA) is 20.2 Å². The zero-order chi connectivity index (χ0) is 12.5. The number of alkyl halides is 9. The highest BCUT2D eigenvalue weighted by molar-refractivity contribution is 5.22. The Labute approximate surface area is 75.5 Å². The number of hydrogen-bond donors (Lipinski definition) is 1. The van der Waals surface area contributed by atoms with Crippen molar-refractivity contribution in [1.29, 1.82) is 0 Å². The predicted molar refractivity (Wildman–Crippen MR) is 25.8 cm³/mol. The molecule has 1 nitrogen and oxygen atoms in total. The van der Waals surface area contributed by atoms with Crippen molar-refractivity contribution in [2.24, 2.45) is 0 Å². The zero-order valence-electron chi connectivity index (χ0n) is 6.35. The maximum absolute atomic E-state index is 12.3. The first kappa shape index (κ1) is 12.4. The van der Waals surface area contributed by atoms with E-state index in [1.165, 1.54) is 0 Å². The van der Waals surface area contributed by atoms with E-state index in [0.29, 0.717) is 0 Å². The van der Waals surface area contributed by atoms with Crippen molar-refractivity contribution < 1.29 is 44.6 Å². The van der Waals surface area contributed by atoms with Crippen LogP contribution in [0.3, 0.4) is 0 Å². The largest absolute Gasteiger partial charge is 0.384 e. The van der Waals surface area contributed by atoms with Gasteiger partial charge in [-0.25, -0.2) is 0 Å². The molecule has 0 unspecified atom stereocenters. The summed E-state index contributed by atoms with van der Waals surface area (Å²) in [7, 11) is 0. The molecule has 10 heteroatoms. The fraction of sp³-hybridized carbons (Fsp3) is 1.00. The van der Waals surface area contributed by atoms with Crippen molar-refractivity contribution in [3.8, 4) is 0 Å². The van der Waals surface area contributed by atoms with Crippen LogP contribution in [0.1, 0.15) is 0 Å². The molecule has 1 rings (SSSR count). The van der Waals surface area contributed by atoms with Gasteiger partial charge in [0.15, 0.2) is 0 Å². The van der Waals surface area contributed by atoms with Gasteiger partial charge in [-0.05, 0) is 0 Å². The Balaban J connectivity index is 3.55. The average Bonchev–Trinajstić information content (AvgIpc) is 2.04. The molecule has 0 amide bonds. The Morgan fingerprint density at radius 2 is 0.667 bits per heavy atom. The van der Waals surface area contributed by atoms with Crippen molar-refractivity contribution in [3.05, 3.63) is 0 Å². The summed E-state index contributed by atoms with van der Waals surface area (Å²) in [4.78, 5) is 0. The molecule has 1 aliphatic carbocycles. The monoisotopic (exact) mass is 248 g/mol. The highest BCUT2D eigenvalue weighted by Crippen LogP contribution is 2.67. The van der Waals surface area contributed by atoms with Gasteiger partial charge in [-0.3, -0.25) is 0 Å². The quantitative estimate of drug-likeness (QED) is 0.651. The minimum Gasteiger partial charge on any atom is -0.352 e. The van der Waals surface area contributed by atoms with Crippen molar-refractivity contribution in [2.45, 2.75) is 29.5 Å². The molecule has 0 saturated heterocycles. The predicted octanol–water partition coefficient (Wildman–Crippen LogP) is 2.20. The van der Waals surface area contributed by atoms with E-state index in [0.717, 1.165) is 0 Å². The van der Waals surface area contributed by atoms with Crippen molar-refractivity contribution in [3.63, 3.8) is 0 Å². The Hall–Kier alpha value is -0.670. The highest BCUT2D eigenvalue weighted by Gasteiger charge is 3.01. The summed E-state index contributed by atoms with van der Waals surface area (Å²) in [5.41, 5.74) is 0. The average molecular weight is 248 g/mol. The van der Waals surface area contributed by atoms with E-state index in [1.807, 2.05) is 0 Å². The summed E-state index contributed by atoms with van der Waals surface area (Å²) >= 11 is 0. The second-order valence-corrected chi connectivity index (χ2v) is 2.92. The first-order valence-electron chi connectivity index (χ1n) is 3.17. The van der Waals surface area contributed by atoms with Gasteiger partial charge in [-0.15, -0.1) is 0 Å². The lowest BCUT2D eigenvalue weighted by molar-refractivity contribution is -0.338. The van der Waals surface area contributed by atoms with Gasteiger partial charge in [0.1, 0.15) is 0 Å². The van der Waals surface area contributed by atoms with Crippen LogP contribution in [0.15, 0.2) is 0 Å². The fourth-order valence-electron chi connectivity index (χ4n) is 1.01. The summed E-state index contributed by atoms with van der Waals surface area (Å²) in [6, 6.07) is 0. The molecule has 1 fully saturated rings. The van der Waals surface area contributed by atoms with Gasteiger partial charge >= 0.3 is 29.5 Å². The molecule has 1 saturated carbocycles. The van der Waals surface area contributed by atoms with Gasteiger partial charge in [0.2, 0.25) is 0 Å². The molecule has 0 aromatic carbocycles. The van der Waals surface area contributed by atoms with E-state index in [2.05, 4.69) is 0 Å². The maximum atomic E-state index is 12.3. The molecule has 0 spiro atoms. The summed E-state index contributed by atoms with van der Waals surface area (Å²) in [5, 5.41) is 7.79. The van der Waals surface area contributed by atoms with Crippen LogP contribution in [0.2, 0.25) is 0 Å². The third-order valence-corrected chi connectivity index (χ3v) is 2.02. The van der Waals surface area contributed by atoms with Crippen LogP contribution in [-0.2, 0) is 0 Å². The number of halogens is 9. The van der Waals surface area contributed by atoms with Crippen LogP contribution in [0.5, 0.6) is 0 Å². The van der Waals surface area contributed by atoms with Gasteiger partial charge in [0.25, 0.3) is 0 Å². The van der Waals surface area contributed by atoms with Gasteiger partial charge in [0, 0.05) is 0 Å². The normalized spacial score (nSPS) is 34.0. The van der Waals surface area contributed by atoms with Crippen molar-refractivity contribution >= 4 is 0 Å².